The molecule has 0 bridgehead atoms. The van der Waals surface area contributed by atoms with Crippen molar-refractivity contribution in [3.63, 3.8) is 0 Å². The molecule has 5 nitrogen and oxygen atoms in total. The van der Waals surface area contributed by atoms with Gasteiger partial charge in [0.15, 0.2) is 0 Å². The molecule has 1 aromatic carbocycles. The number of ether oxygens (including phenoxy) is 1. The van der Waals surface area contributed by atoms with Gasteiger partial charge >= 0.3 is 0 Å². The lowest BCUT2D eigenvalue weighted by atomic mass is 10.1. The van der Waals surface area contributed by atoms with Gasteiger partial charge in [-0.3, -0.25) is 9.69 Å². The summed E-state index contributed by atoms with van der Waals surface area (Å²) in [5.74, 6) is 0.0114. The SMILES string of the molecule is COCCN1CCC(NC(=O)c2cccc(N(C)C)c2)C1. The van der Waals surface area contributed by atoms with E-state index in [0.717, 1.165) is 43.9 Å². The Bertz CT molecular complexity index is 476. The van der Waals surface area contributed by atoms with E-state index in [2.05, 4.69) is 10.2 Å². The summed E-state index contributed by atoms with van der Waals surface area (Å²) in [5, 5.41) is 3.13. The van der Waals surface area contributed by atoms with Crippen LogP contribution in [0, 0.1) is 0 Å². The molecule has 1 aliphatic rings. The first-order chi connectivity index (χ1) is 10.1. The lowest BCUT2D eigenvalue weighted by Gasteiger charge is -2.17. The molecule has 1 heterocycles. The molecule has 1 atom stereocenters. The summed E-state index contributed by atoms with van der Waals surface area (Å²) in [5.41, 5.74) is 1.76. The summed E-state index contributed by atoms with van der Waals surface area (Å²) in [7, 11) is 5.66. The van der Waals surface area contributed by atoms with Crippen molar-refractivity contribution < 1.29 is 9.53 Å². The van der Waals surface area contributed by atoms with E-state index in [9.17, 15) is 4.79 Å². The quantitative estimate of drug-likeness (QED) is 0.855. The number of amides is 1. The molecular weight excluding hydrogens is 266 g/mol. The molecule has 0 saturated carbocycles. The van der Waals surface area contributed by atoms with E-state index in [1.807, 2.05) is 43.3 Å². The van der Waals surface area contributed by atoms with E-state index >= 15 is 0 Å². The number of likely N-dealkylation sites (tertiary alicyclic amines) is 1. The highest BCUT2D eigenvalue weighted by Crippen LogP contribution is 2.14. The van der Waals surface area contributed by atoms with E-state index in [1.54, 1.807) is 7.11 Å². The third-order valence-corrected chi connectivity index (χ3v) is 3.84. The molecule has 1 unspecified atom stereocenters. The largest absolute Gasteiger partial charge is 0.383 e. The van der Waals surface area contributed by atoms with Gasteiger partial charge in [-0.05, 0) is 24.6 Å². The predicted molar refractivity (Wildman–Crippen MR) is 85.0 cm³/mol. The van der Waals surface area contributed by atoms with E-state index in [0.29, 0.717) is 0 Å². The zero-order valence-electron chi connectivity index (χ0n) is 13.1. The van der Waals surface area contributed by atoms with Crippen molar-refractivity contribution in [3.05, 3.63) is 29.8 Å². The number of methoxy groups -OCH3 is 1. The van der Waals surface area contributed by atoms with Gasteiger partial charge in [0, 0.05) is 58.1 Å². The van der Waals surface area contributed by atoms with E-state index in [1.165, 1.54) is 0 Å². The minimum absolute atomic E-state index is 0.0114. The maximum absolute atomic E-state index is 12.3. The second kappa shape index (κ2) is 7.43. The van der Waals surface area contributed by atoms with Crippen LogP contribution in [0.5, 0.6) is 0 Å². The van der Waals surface area contributed by atoms with Gasteiger partial charge in [-0.15, -0.1) is 0 Å². The Morgan fingerprint density at radius 1 is 1.48 bits per heavy atom. The van der Waals surface area contributed by atoms with Crippen LogP contribution in [0.1, 0.15) is 16.8 Å². The first kappa shape index (κ1) is 15.8. The zero-order valence-corrected chi connectivity index (χ0v) is 13.1. The predicted octanol–water partition coefficient (Wildman–Crippen LogP) is 1.20. The fraction of sp³-hybridized carbons (Fsp3) is 0.562. The van der Waals surface area contributed by atoms with Crippen LogP contribution < -0.4 is 10.2 Å². The van der Waals surface area contributed by atoms with Gasteiger partial charge in [-0.25, -0.2) is 0 Å². The topological polar surface area (TPSA) is 44.8 Å². The van der Waals surface area contributed by atoms with Crippen LogP contribution in [-0.2, 0) is 4.74 Å². The number of carbonyl (C=O) groups is 1. The monoisotopic (exact) mass is 291 g/mol. The third kappa shape index (κ3) is 4.44. The lowest BCUT2D eigenvalue weighted by Crippen LogP contribution is -2.37. The molecule has 1 aliphatic heterocycles. The first-order valence-electron chi connectivity index (χ1n) is 7.39. The molecule has 1 fully saturated rings. The van der Waals surface area contributed by atoms with Crippen molar-refractivity contribution in [1.82, 2.24) is 10.2 Å². The Morgan fingerprint density at radius 2 is 2.29 bits per heavy atom. The normalized spacial score (nSPS) is 18.7. The van der Waals surface area contributed by atoms with Crippen molar-refractivity contribution in [3.8, 4) is 0 Å². The molecule has 21 heavy (non-hydrogen) atoms. The number of anilines is 1. The summed E-state index contributed by atoms with van der Waals surface area (Å²) in [4.78, 5) is 16.6. The molecule has 1 N–H and O–H groups in total. The van der Waals surface area contributed by atoms with Crippen LogP contribution in [0.3, 0.4) is 0 Å². The molecule has 5 heteroatoms. The highest BCUT2D eigenvalue weighted by molar-refractivity contribution is 5.95. The number of hydrogen-bond acceptors (Lipinski definition) is 4. The van der Waals surface area contributed by atoms with Gasteiger partial charge in [0.2, 0.25) is 0 Å². The van der Waals surface area contributed by atoms with Crippen LogP contribution in [0.2, 0.25) is 0 Å². The average Bonchev–Trinajstić information content (AvgIpc) is 2.92. The summed E-state index contributed by atoms with van der Waals surface area (Å²) >= 11 is 0. The molecule has 0 spiro atoms. The van der Waals surface area contributed by atoms with Crippen LogP contribution in [-0.4, -0.2) is 64.3 Å². The van der Waals surface area contributed by atoms with Crippen LogP contribution >= 0.6 is 0 Å². The summed E-state index contributed by atoms with van der Waals surface area (Å²) < 4.78 is 5.09. The maximum Gasteiger partial charge on any atom is 0.251 e. The van der Waals surface area contributed by atoms with Crippen molar-refractivity contribution in [2.45, 2.75) is 12.5 Å². The molecule has 2 rings (SSSR count). The van der Waals surface area contributed by atoms with Crippen LogP contribution in [0.25, 0.3) is 0 Å². The molecule has 0 radical (unpaired) electrons. The van der Waals surface area contributed by atoms with Gasteiger partial charge < -0.3 is 15.0 Å². The minimum atomic E-state index is 0.0114. The van der Waals surface area contributed by atoms with Gasteiger partial charge in [0.1, 0.15) is 0 Å². The molecular formula is C16H25N3O2. The highest BCUT2D eigenvalue weighted by Gasteiger charge is 2.23. The van der Waals surface area contributed by atoms with Crippen molar-refractivity contribution in [2.24, 2.45) is 0 Å². The Labute approximate surface area is 126 Å². The number of carbonyl (C=O) groups excluding carboxylic acids is 1. The number of hydrogen-bond donors (Lipinski definition) is 1. The molecule has 1 saturated heterocycles. The maximum atomic E-state index is 12.3. The second-order valence-corrected chi connectivity index (χ2v) is 5.70. The van der Waals surface area contributed by atoms with Crippen LogP contribution in [0.15, 0.2) is 24.3 Å². The second-order valence-electron chi connectivity index (χ2n) is 5.70. The van der Waals surface area contributed by atoms with Gasteiger partial charge in [0.05, 0.1) is 6.61 Å². The van der Waals surface area contributed by atoms with Crippen molar-refractivity contribution in [1.29, 1.82) is 0 Å². The molecule has 0 aromatic heterocycles. The Balaban J connectivity index is 1.89. The fourth-order valence-electron chi connectivity index (χ4n) is 2.57. The van der Waals surface area contributed by atoms with Crippen LogP contribution in [0.4, 0.5) is 5.69 Å². The number of nitrogens with one attached hydrogen (secondary N) is 1. The van der Waals surface area contributed by atoms with E-state index < -0.39 is 0 Å². The van der Waals surface area contributed by atoms with Crippen molar-refractivity contribution >= 4 is 11.6 Å². The summed E-state index contributed by atoms with van der Waals surface area (Å²) in [6, 6.07) is 7.94. The molecule has 1 aromatic rings. The van der Waals surface area contributed by atoms with Crippen molar-refractivity contribution in [2.75, 3.05) is 52.3 Å². The van der Waals surface area contributed by atoms with E-state index in [4.69, 9.17) is 4.74 Å². The zero-order chi connectivity index (χ0) is 15.2. The summed E-state index contributed by atoms with van der Waals surface area (Å²) in [6.07, 6.45) is 1.00. The Hall–Kier alpha value is -1.59. The Morgan fingerprint density at radius 3 is 3.00 bits per heavy atom. The average molecular weight is 291 g/mol. The Kier molecular flexibility index (Phi) is 5.59. The minimum Gasteiger partial charge on any atom is -0.383 e. The van der Waals surface area contributed by atoms with Gasteiger partial charge in [0.25, 0.3) is 5.91 Å². The number of benzene rings is 1. The standard InChI is InChI=1S/C16H25N3O2/c1-18(2)15-6-4-5-13(11-15)16(20)17-14-7-8-19(12-14)9-10-21-3/h4-6,11,14H,7-10,12H2,1-3H3,(H,17,20). The van der Waals surface area contributed by atoms with E-state index in [-0.39, 0.29) is 11.9 Å². The molecule has 0 aliphatic carbocycles. The lowest BCUT2D eigenvalue weighted by molar-refractivity contribution is 0.0936. The number of nitrogens with zero attached hydrogens (tertiary/aromatic N) is 2. The number of rotatable bonds is 6. The third-order valence-electron chi connectivity index (χ3n) is 3.84. The smallest absolute Gasteiger partial charge is 0.251 e. The highest BCUT2D eigenvalue weighted by atomic mass is 16.5. The summed E-state index contributed by atoms with van der Waals surface area (Å²) in [6.45, 7) is 3.60. The van der Waals surface area contributed by atoms with Gasteiger partial charge in [-0.2, -0.15) is 0 Å². The molecule has 116 valence electrons. The first-order valence-corrected chi connectivity index (χ1v) is 7.39. The molecule has 1 amide bonds. The fourth-order valence-corrected chi connectivity index (χ4v) is 2.57. The van der Waals surface area contributed by atoms with Gasteiger partial charge in [-0.1, -0.05) is 6.07 Å².